The van der Waals surface area contributed by atoms with E-state index in [1.54, 1.807) is 0 Å². The van der Waals surface area contributed by atoms with E-state index in [1.165, 1.54) is 34.8 Å². The minimum atomic E-state index is 0.447. The molecule has 0 radical (unpaired) electrons. The van der Waals surface area contributed by atoms with Gasteiger partial charge in [-0.05, 0) is 38.5 Å². The van der Waals surface area contributed by atoms with Gasteiger partial charge >= 0.3 is 0 Å². The molecule has 0 aliphatic heterocycles. The van der Waals surface area contributed by atoms with Gasteiger partial charge in [0, 0.05) is 23.6 Å². The molecule has 0 aromatic carbocycles. The number of aromatic nitrogens is 1. The molecule has 0 unspecified atom stereocenters. The first-order chi connectivity index (χ1) is 8.24. The molecular formula is C14H19NOS. The summed E-state index contributed by atoms with van der Waals surface area (Å²) in [7, 11) is 0. The first-order valence-electron chi connectivity index (χ1n) is 6.73. The van der Waals surface area contributed by atoms with Gasteiger partial charge in [0.1, 0.15) is 5.78 Å². The summed E-state index contributed by atoms with van der Waals surface area (Å²) in [6.07, 6.45) is 7.68. The lowest BCUT2D eigenvalue weighted by atomic mass is 9.86. The molecule has 1 aromatic rings. The number of ketones is 1. The van der Waals surface area contributed by atoms with E-state index in [9.17, 15) is 4.79 Å². The Morgan fingerprint density at radius 3 is 2.41 bits per heavy atom. The fourth-order valence-corrected chi connectivity index (χ4v) is 4.25. The zero-order valence-electron chi connectivity index (χ0n) is 10.4. The van der Waals surface area contributed by atoms with Gasteiger partial charge in [0.15, 0.2) is 0 Å². The second kappa shape index (κ2) is 4.52. The molecule has 2 aliphatic rings. The quantitative estimate of drug-likeness (QED) is 0.794. The molecule has 0 amide bonds. The van der Waals surface area contributed by atoms with E-state index >= 15 is 0 Å². The molecule has 1 heterocycles. The number of hydrogen-bond acceptors (Lipinski definition) is 3. The number of nitrogens with zero attached hydrogens (tertiary/aromatic N) is 1. The van der Waals surface area contributed by atoms with Crippen LogP contribution in [0.2, 0.25) is 0 Å². The Hall–Kier alpha value is -0.700. The van der Waals surface area contributed by atoms with Gasteiger partial charge in [-0.3, -0.25) is 4.79 Å². The lowest BCUT2D eigenvalue weighted by molar-refractivity contribution is -0.120. The standard InChI is InChI=1S/C14H19NOS/c1-9-13(10-5-7-12(16)8-6-10)17-14(15-9)11-3-2-4-11/h10-11H,2-8H2,1H3. The maximum Gasteiger partial charge on any atom is 0.132 e. The van der Waals surface area contributed by atoms with Crippen molar-refractivity contribution in [3.8, 4) is 0 Å². The van der Waals surface area contributed by atoms with E-state index in [0.717, 1.165) is 31.6 Å². The van der Waals surface area contributed by atoms with Crippen molar-refractivity contribution in [1.82, 2.24) is 4.98 Å². The van der Waals surface area contributed by atoms with Crippen molar-refractivity contribution in [3.05, 3.63) is 15.6 Å². The van der Waals surface area contributed by atoms with Crippen LogP contribution >= 0.6 is 11.3 Å². The smallest absolute Gasteiger partial charge is 0.132 e. The van der Waals surface area contributed by atoms with E-state index in [-0.39, 0.29) is 0 Å². The molecule has 1 aromatic heterocycles. The van der Waals surface area contributed by atoms with Gasteiger partial charge in [-0.1, -0.05) is 6.42 Å². The summed E-state index contributed by atoms with van der Waals surface area (Å²) in [5.74, 6) is 1.80. The SMILES string of the molecule is Cc1nc(C2CCC2)sc1C1CCC(=O)CC1. The summed E-state index contributed by atoms with van der Waals surface area (Å²) in [5, 5.41) is 1.36. The molecule has 0 N–H and O–H groups in total. The van der Waals surface area contributed by atoms with E-state index in [0.29, 0.717) is 11.7 Å². The molecule has 17 heavy (non-hydrogen) atoms. The number of hydrogen-bond donors (Lipinski definition) is 0. The largest absolute Gasteiger partial charge is 0.300 e. The lowest BCUT2D eigenvalue weighted by Gasteiger charge is -2.23. The first-order valence-corrected chi connectivity index (χ1v) is 7.54. The molecule has 92 valence electrons. The Morgan fingerprint density at radius 1 is 1.12 bits per heavy atom. The highest BCUT2D eigenvalue weighted by Crippen LogP contribution is 2.43. The van der Waals surface area contributed by atoms with Gasteiger partial charge < -0.3 is 0 Å². The van der Waals surface area contributed by atoms with E-state index < -0.39 is 0 Å². The van der Waals surface area contributed by atoms with Crippen LogP contribution in [0.1, 0.15) is 72.4 Å². The Balaban J connectivity index is 1.77. The predicted molar refractivity (Wildman–Crippen MR) is 69.7 cm³/mol. The van der Waals surface area contributed by atoms with Crippen molar-refractivity contribution in [2.45, 2.75) is 63.7 Å². The van der Waals surface area contributed by atoms with E-state index in [1.807, 2.05) is 11.3 Å². The van der Waals surface area contributed by atoms with Crippen LogP contribution in [0.5, 0.6) is 0 Å². The second-order valence-electron chi connectivity index (χ2n) is 5.44. The molecule has 2 fully saturated rings. The Labute approximate surface area is 106 Å². The number of Topliss-reactive ketones (excluding diaryl/α,β-unsaturated/α-hetero) is 1. The number of aryl methyl sites for hydroxylation is 1. The molecule has 2 aliphatic carbocycles. The summed E-state index contributed by atoms with van der Waals surface area (Å²) in [6.45, 7) is 2.14. The van der Waals surface area contributed by atoms with Gasteiger partial charge in [-0.2, -0.15) is 0 Å². The average Bonchev–Trinajstić information content (AvgIpc) is 2.59. The maximum absolute atomic E-state index is 11.3. The second-order valence-corrected chi connectivity index (χ2v) is 6.50. The lowest BCUT2D eigenvalue weighted by Crippen LogP contribution is -2.12. The fraction of sp³-hybridized carbons (Fsp3) is 0.714. The maximum atomic E-state index is 11.3. The normalized spacial score (nSPS) is 22.8. The third kappa shape index (κ3) is 2.17. The highest BCUT2D eigenvalue weighted by atomic mass is 32.1. The predicted octanol–water partition coefficient (Wildman–Crippen LogP) is 3.95. The zero-order chi connectivity index (χ0) is 11.8. The Morgan fingerprint density at radius 2 is 1.82 bits per heavy atom. The fourth-order valence-electron chi connectivity index (χ4n) is 2.84. The van der Waals surface area contributed by atoms with Crippen LogP contribution in [0, 0.1) is 6.92 Å². The molecule has 3 rings (SSSR count). The van der Waals surface area contributed by atoms with Gasteiger partial charge in [0.2, 0.25) is 0 Å². The molecule has 2 nitrogen and oxygen atoms in total. The van der Waals surface area contributed by atoms with Gasteiger partial charge in [0.05, 0.1) is 10.7 Å². The van der Waals surface area contributed by atoms with Crippen LogP contribution in [0.15, 0.2) is 0 Å². The van der Waals surface area contributed by atoms with Crippen molar-refractivity contribution in [2.24, 2.45) is 0 Å². The first kappa shape index (κ1) is 11.4. The molecule has 0 spiro atoms. The Kier molecular flexibility index (Phi) is 3.03. The zero-order valence-corrected chi connectivity index (χ0v) is 11.2. The molecule has 0 bridgehead atoms. The van der Waals surface area contributed by atoms with Crippen molar-refractivity contribution in [2.75, 3.05) is 0 Å². The van der Waals surface area contributed by atoms with Crippen LogP contribution in [0.4, 0.5) is 0 Å². The summed E-state index contributed by atoms with van der Waals surface area (Å²) in [6, 6.07) is 0. The van der Waals surface area contributed by atoms with Crippen molar-refractivity contribution < 1.29 is 4.79 Å². The summed E-state index contributed by atoms with van der Waals surface area (Å²) >= 11 is 1.93. The van der Waals surface area contributed by atoms with Gasteiger partial charge in [0.25, 0.3) is 0 Å². The van der Waals surface area contributed by atoms with Crippen LogP contribution in [-0.4, -0.2) is 10.8 Å². The van der Waals surface area contributed by atoms with Crippen molar-refractivity contribution >= 4 is 17.1 Å². The number of thiazole rings is 1. The van der Waals surface area contributed by atoms with Crippen molar-refractivity contribution in [3.63, 3.8) is 0 Å². The number of carbonyl (C=O) groups is 1. The summed E-state index contributed by atoms with van der Waals surface area (Å²) < 4.78 is 0. The summed E-state index contributed by atoms with van der Waals surface area (Å²) in [4.78, 5) is 17.5. The molecule has 0 atom stereocenters. The Bertz CT molecular complexity index is 423. The minimum Gasteiger partial charge on any atom is -0.300 e. The number of rotatable bonds is 2. The third-order valence-electron chi connectivity index (χ3n) is 4.22. The molecule has 3 heteroatoms. The average molecular weight is 249 g/mol. The highest BCUT2D eigenvalue weighted by molar-refractivity contribution is 7.12. The highest BCUT2D eigenvalue weighted by Gasteiger charge is 2.28. The van der Waals surface area contributed by atoms with Crippen LogP contribution < -0.4 is 0 Å². The third-order valence-corrected chi connectivity index (χ3v) is 5.70. The number of carbonyl (C=O) groups excluding carboxylic acids is 1. The van der Waals surface area contributed by atoms with E-state index in [4.69, 9.17) is 4.98 Å². The monoisotopic (exact) mass is 249 g/mol. The van der Waals surface area contributed by atoms with Crippen molar-refractivity contribution in [1.29, 1.82) is 0 Å². The molecule has 2 saturated carbocycles. The van der Waals surface area contributed by atoms with Crippen LogP contribution in [0.3, 0.4) is 0 Å². The molecule has 0 saturated heterocycles. The summed E-state index contributed by atoms with van der Waals surface area (Å²) in [5.41, 5.74) is 1.23. The van der Waals surface area contributed by atoms with Crippen LogP contribution in [0.25, 0.3) is 0 Å². The minimum absolute atomic E-state index is 0.447. The topological polar surface area (TPSA) is 30.0 Å². The van der Waals surface area contributed by atoms with Crippen LogP contribution in [-0.2, 0) is 4.79 Å². The van der Waals surface area contributed by atoms with E-state index in [2.05, 4.69) is 6.92 Å². The van der Waals surface area contributed by atoms with Gasteiger partial charge in [-0.15, -0.1) is 11.3 Å². The molecular weight excluding hydrogens is 230 g/mol. The van der Waals surface area contributed by atoms with Gasteiger partial charge in [-0.25, -0.2) is 4.98 Å².